The molecule has 63 heavy (non-hydrogen) atoms. The van der Waals surface area contributed by atoms with Crippen LogP contribution in [0.2, 0.25) is 0 Å². The summed E-state index contributed by atoms with van der Waals surface area (Å²) < 4.78 is 9.04. The minimum atomic E-state index is -0.713. The van der Waals surface area contributed by atoms with Crippen LogP contribution in [0.25, 0.3) is 32.8 Å². The fourth-order valence-corrected chi connectivity index (χ4v) is 7.00. The summed E-state index contributed by atoms with van der Waals surface area (Å²) in [6.07, 6.45) is 19.5. The molecule has 0 saturated carbocycles. The first-order valence-electron chi connectivity index (χ1n) is 21.0. The summed E-state index contributed by atoms with van der Waals surface area (Å²) in [6, 6.07) is 14.9. The van der Waals surface area contributed by atoms with Crippen LogP contribution in [0.4, 0.5) is 4.79 Å². The molecule has 2 aromatic heterocycles. The average Bonchev–Trinajstić information content (AvgIpc) is 4.03. The number of carbonyl (C=O) groups excluding carboxylic acids is 4. The van der Waals surface area contributed by atoms with E-state index in [1.54, 1.807) is 19.1 Å². The van der Waals surface area contributed by atoms with E-state index >= 15 is 0 Å². The standard InChI is InChI=1S/C40H46N8O5.C3H8.C2H6O.2C2H2/c1-7-24(4)47(35(50)20-41-22-49)21-34-42-30-15-12-27(19-32(30)43-34)10-9-26-11-14-29-28(18-26)13-16-31-37(29)45-38(44-31)33-17-8-25(5)48(33)39(51)36(23(2)3)46-40(52)53-6;2*1-3-2;2*1-2/h11-16,18-19,22-25,33,36H,7-8,17,20-21H2,1-6H3,(H,41,49)(H,42,43)(H,44,45)(H,46,52);3H2,1-2H3;1-2H3;2*1-2H/t24-,25-,33-,36?;;;;/m0..../s1. The van der Waals surface area contributed by atoms with E-state index in [4.69, 9.17) is 9.72 Å². The van der Waals surface area contributed by atoms with Crippen molar-refractivity contribution in [2.75, 3.05) is 27.9 Å². The fraction of sp³-hybridized carbons (Fsp3) is 0.429. The van der Waals surface area contributed by atoms with Crippen LogP contribution in [0.1, 0.15) is 103 Å². The van der Waals surface area contributed by atoms with Crippen LogP contribution in [-0.2, 0) is 30.4 Å². The smallest absolute Gasteiger partial charge is 0.407 e. The van der Waals surface area contributed by atoms with Crippen LogP contribution in [-0.4, -0.2) is 100 Å². The van der Waals surface area contributed by atoms with Crippen molar-refractivity contribution in [1.82, 2.24) is 40.4 Å². The monoisotopic (exact) mass is 860 g/mol. The Labute approximate surface area is 372 Å². The van der Waals surface area contributed by atoms with Gasteiger partial charge in [0, 0.05) is 42.8 Å². The molecule has 1 aliphatic rings. The van der Waals surface area contributed by atoms with Crippen molar-refractivity contribution in [3.05, 3.63) is 71.3 Å². The minimum Gasteiger partial charge on any atom is -0.453 e. The number of likely N-dealkylation sites (tertiary alicyclic amines) is 1. The predicted molar refractivity (Wildman–Crippen MR) is 251 cm³/mol. The van der Waals surface area contributed by atoms with E-state index < -0.39 is 12.1 Å². The second-order valence-electron chi connectivity index (χ2n) is 15.1. The molecule has 0 aliphatic carbocycles. The highest BCUT2D eigenvalue weighted by atomic mass is 16.5. The third-order valence-corrected chi connectivity index (χ3v) is 10.1. The van der Waals surface area contributed by atoms with Crippen LogP contribution in [0.15, 0.2) is 48.5 Å². The van der Waals surface area contributed by atoms with Gasteiger partial charge < -0.3 is 39.9 Å². The molecule has 14 nitrogen and oxygen atoms in total. The lowest BCUT2D eigenvalue weighted by Gasteiger charge is -2.32. The van der Waals surface area contributed by atoms with Gasteiger partial charge in [0.1, 0.15) is 17.7 Å². The highest BCUT2D eigenvalue weighted by Crippen LogP contribution is 2.37. The molecule has 0 radical (unpaired) electrons. The molecule has 336 valence electrons. The number of amides is 4. The molecule has 1 aliphatic heterocycles. The SMILES string of the molecule is C#C.C#C.CCC.CC[C@H](C)N(Cc1nc2ccc(C#Cc3ccc4c(ccc5[nH]c([C@@H]6CC[C@H](C)N6C(=O)C(NC(=O)OC)C(C)C)nc54)c3)cc2[nH]1)C(=O)CNC=O.COC. The largest absolute Gasteiger partial charge is 0.453 e. The van der Waals surface area contributed by atoms with Gasteiger partial charge in [-0.05, 0) is 80.8 Å². The number of methoxy groups -OCH3 is 2. The molecule has 5 aromatic rings. The Bertz CT molecular complexity index is 2360. The number of fused-ring (bicyclic) bond motifs is 4. The van der Waals surface area contributed by atoms with Crippen molar-refractivity contribution in [3.63, 3.8) is 0 Å². The summed E-state index contributed by atoms with van der Waals surface area (Å²) in [5, 5.41) is 7.15. The van der Waals surface area contributed by atoms with E-state index in [1.165, 1.54) is 13.5 Å². The zero-order chi connectivity index (χ0) is 47.2. The van der Waals surface area contributed by atoms with Gasteiger partial charge in [0.05, 0.1) is 48.3 Å². The molecule has 3 heterocycles. The normalized spacial score (nSPS) is 14.7. The van der Waals surface area contributed by atoms with Crippen LogP contribution in [0, 0.1) is 43.5 Å². The number of aromatic nitrogens is 4. The molecule has 1 fully saturated rings. The lowest BCUT2D eigenvalue weighted by molar-refractivity contribution is -0.137. The van der Waals surface area contributed by atoms with Crippen LogP contribution >= 0.6 is 0 Å². The highest BCUT2D eigenvalue weighted by Gasteiger charge is 2.41. The number of terminal acetylenes is 2. The Kier molecular flexibility index (Phi) is 22.0. The average molecular weight is 861 g/mol. The first kappa shape index (κ1) is 52.3. The van der Waals surface area contributed by atoms with Crippen molar-refractivity contribution in [2.24, 2.45) is 5.92 Å². The zero-order valence-corrected chi connectivity index (χ0v) is 38.4. The van der Waals surface area contributed by atoms with Crippen LogP contribution in [0.5, 0.6) is 0 Å². The first-order chi connectivity index (χ1) is 30.3. The summed E-state index contributed by atoms with van der Waals surface area (Å²) >= 11 is 0. The Hall–Kier alpha value is -6.82. The number of hydrogen-bond donors (Lipinski definition) is 4. The number of alkyl carbamates (subject to hydrolysis) is 1. The van der Waals surface area contributed by atoms with Gasteiger partial charge in [-0.2, -0.15) is 0 Å². The van der Waals surface area contributed by atoms with Gasteiger partial charge in [0.25, 0.3) is 0 Å². The van der Waals surface area contributed by atoms with E-state index in [0.29, 0.717) is 18.8 Å². The zero-order valence-electron chi connectivity index (χ0n) is 38.4. The Balaban J connectivity index is 0.00000126. The third-order valence-electron chi connectivity index (χ3n) is 10.1. The number of aromatic amines is 2. The van der Waals surface area contributed by atoms with E-state index in [9.17, 15) is 19.2 Å². The van der Waals surface area contributed by atoms with Gasteiger partial charge in [-0.3, -0.25) is 14.4 Å². The lowest BCUT2D eigenvalue weighted by atomic mass is 10.0. The molecule has 4 N–H and O–H groups in total. The number of benzene rings is 3. The van der Waals surface area contributed by atoms with Gasteiger partial charge in [0.15, 0.2) is 0 Å². The Morgan fingerprint density at radius 3 is 2.16 bits per heavy atom. The molecule has 1 unspecified atom stereocenters. The predicted octanol–water partition coefficient (Wildman–Crippen LogP) is 7.48. The number of H-pyrrole nitrogens is 2. The second-order valence-corrected chi connectivity index (χ2v) is 15.1. The maximum absolute atomic E-state index is 13.8. The topological polar surface area (TPSA) is 175 Å². The molecular weight excluding hydrogens is 797 g/mol. The van der Waals surface area contributed by atoms with Crippen LogP contribution < -0.4 is 10.6 Å². The van der Waals surface area contributed by atoms with Crippen molar-refractivity contribution in [1.29, 1.82) is 0 Å². The third kappa shape index (κ3) is 13.8. The van der Waals surface area contributed by atoms with E-state index in [1.807, 2.05) is 88.0 Å². The fourth-order valence-electron chi connectivity index (χ4n) is 7.00. The van der Waals surface area contributed by atoms with Gasteiger partial charge in [-0.1, -0.05) is 65.0 Å². The second kappa shape index (κ2) is 26.5. The van der Waals surface area contributed by atoms with Crippen molar-refractivity contribution < 1.29 is 28.7 Å². The summed E-state index contributed by atoms with van der Waals surface area (Å²) in [5.74, 6) is 7.50. The van der Waals surface area contributed by atoms with E-state index in [2.05, 4.69) is 81.7 Å². The van der Waals surface area contributed by atoms with E-state index in [-0.39, 0.29) is 42.4 Å². The van der Waals surface area contributed by atoms with Crippen LogP contribution in [0.3, 0.4) is 0 Å². The molecule has 1 saturated heterocycles. The number of imidazole rings is 2. The number of nitrogens with zero attached hydrogens (tertiary/aromatic N) is 4. The van der Waals surface area contributed by atoms with Crippen molar-refractivity contribution in [2.45, 2.75) is 105 Å². The Morgan fingerprint density at radius 2 is 1.56 bits per heavy atom. The van der Waals surface area contributed by atoms with Gasteiger partial charge in [-0.25, -0.2) is 14.8 Å². The quantitative estimate of drug-likeness (QED) is 0.0782. The maximum Gasteiger partial charge on any atom is 0.407 e. The van der Waals surface area contributed by atoms with E-state index in [0.717, 1.165) is 69.1 Å². The van der Waals surface area contributed by atoms with Gasteiger partial charge in [0.2, 0.25) is 18.2 Å². The minimum absolute atomic E-state index is 0.0105. The van der Waals surface area contributed by atoms with Gasteiger partial charge in [-0.15, -0.1) is 25.7 Å². The summed E-state index contributed by atoms with van der Waals surface area (Å²) in [7, 11) is 4.54. The first-order valence-corrected chi connectivity index (χ1v) is 21.0. The molecule has 14 heteroatoms. The molecule has 6 rings (SSSR count). The number of carbonyl (C=O) groups is 4. The number of hydrogen-bond acceptors (Lipinski definition) is 8. The lowest BCUT2D eigenvalue weighted by Crippen LogP contribution is -2.52. The molecule has 4 atom stereocenters. The molecule has 0 spiro atoms. The van der Waals surface area contributed by atoms with Gasteiger partial charge >= 0.3 is 6.09 Å². The molecular formula is C49H64N8O6. The maximum atomic E-state index is 13.8. The highest BCUT2D eigenvalue weighted by molar-refractivity contribution is 6.04. The number of rotatable bonds is 11. The summed E-state index contributed by atoms with van der Waals surface area (Å²) in [5.41, 5.74) is 4.97. The van der Waals surface area contributed by atoms with Crippen molar-refractivity contribution in [3.8, 4) is 37.5 Å². The molecule has 0 bridgehead atoms. The van der Waals surface area contributed by atoms with Crippen molar-refractivity contribution >= 4 is 57.2 Å². The molecule has 3 aromatic carbocycles. The summed E-state index contributed by atoms with van der Waals surface area (Å²) in [6.45, 7) is 14.3. The Morgan fingerprint density at radius 1 is 0.921 bits per heavy atom. The number of nitrogens with one attached hydrogen (secondary N) is 4. The summed E-state index contributed by atoms with van der Waals surface area (Å²) in [4.78, 5) is 69.4. The number of ether oxygens (including phenoxy) is 2. The molecule has 4 amide bonds.